The molecule has 0 unspecified atom stereocenters. The Morgan fingerprint density at radius 3 is 2.54 bits per heavy atom. The van der Waals surface area contributed by atoms with Crippen molar-refractivity contribution in [2.24, 2.45) is 11.8 Å². The van der Waals surface area contributed by atoms with Gasteiger partial charge in [-0.3, -0.25) is 9.69 Å². The fourth-order valence-corrected chi connectivity index (χ4v) is 9.20. The van der Waals surface area contributed by atoms with Gasteiger partial charge in [-0.05, 0) is 92.3 Å². The summed E-state index contributed by atoms with van der Waals surface area (Å²) in [4.78, 5) is 25.1. The van der Waals surface area contributed by atoms with Crippen molar-refractivity contribution in [1.29, 1.82) is 0 Å². The first-order chi connectivity index (χ1) is 27.0. The molecule has 298 valence electrons. The molecule has 2 aromatic carbocycles. The number of methoxy groups -OCH3 is 2. The minimum atomic E-state index is -0.146. The highest BCUT2D eigenvalue weighted by molar-refractivity contribution is 5.94. The second-order valence-corrected chi connectivity index (χ2v) is 17.2. The smallest absolute Gasteiger partial charge is 0.272 e. The second-order valence-electron chi connectivity index (χ2n) is 17.2. The van der Waals surface area contributed by atoms with E-state index < -0.39 is 0 Å². The molecule has 4 aromatic rings. The topological polar surface area (TPSA) is 138 Å². The number of carbonyl (C=O) groups is 1. The molecule has 4 aliphatic rings. The van der Waals surface area contributed by atoms with Gasteiger partial charge in [0.25, 0.3) is 5.95 Å². The molecule has 0 spiro atoms. The van der Waals surface area contributed by atoms with Crippen LogP contribution in [-0.2, 0) is 26.2 Å². The molecule has 4 atom stereocenters. The van der Waals surface area contributed by atoms with Crippen molar-refractivity contribution in [1.82, 2.24) is 19.4 Å². The van der Waals surface area contributed by atoms with Gasteiger partial charge in [-0.2, -0.15) is 0 Å². The Hall–Kier alpha value is -4.97. The zero-order valence-electron chi connectivity index (χ0n) is 33.4. The maximum absolute atomic E-state index is 13.0. The number of carbonyl (C=O) groups excluding carboxylic acids is 1. The van der Waals surface area contributed by atoms with E-state index in [-0.39, 0.29) is 35.5 Å². The van der Waals surface area contributed by atoms with Crippen molar-refractivity contribution >= 4 is 34.1 Å². The van der Waals surface area contributed by atoms with Crippen LogP contribution in [0.25, 0.3) is 11.0 Å². The molecule has 0 radical (unpaired) electrons. The Morgan fingerprint density at radius 1 is 1.02 bits per heavy atom. The fourth-order valence-electron chi connectivity index (χ4n) is 9.20. The monoisotopic (exact) mass is 763 g/mol. The molecule has 8 rings (SSSR count). The molecule has 12 heteroatoms. The Kier molecular flexibility index (Phi) is 10.5. The molecule has 12 nitrogen and oxygen atoms in total. The third kappa shape index (κ3) is 7.60. The van der Waals surface area contributed by atoms with Gasteiger partial charge in [0.05, 0.1) is 37.0 Å². The zero-order valence-corrected chi connectivity index (χ0v) is 33.4. The van der Waals surface area contributed by atoms with Crippen LogP contribution in [0.4, 0.5) is 17.2 Å². The molecule has 3 heterocycles. The van der Waals surface area contributed by atoms with E-state index in [2.05, 4.69) is 70.8 Å². The molecular formula is C44H57N7O5. The van der Waals surface area contributed by atoms with E-state index in [1.54, 1.807) is 20.5 Å². The van der Waals surface area contributed by atoms with Crippen LogP contribution in [0, 0.1) is 11.8 Å². The summed E-state index contributed by atoms with van der Waals surface area (Å²) in [6.45, 7) is 12.0. The molecule has 1 aliphatic heterocycles. The highest BCUT2D eigenvalue weighted by Gasteiger charge is 2.53. The lowest BCUT2D eigenvalue weighted by Gasteiger charge is -2.50. The van der Waals surface area contributed by atoms with Gasteiger partial charge >= 0.3 is 0 Å². The van der Waals surface area contributed by atoms with Crippen LogP contribution in [-0.4, -0.2) is 70.4 Å². The summed E-state index contributed by atoms with van der Waals surface area (Å²) in [5, 5.41) is 7.51. The van der Waals surface area contributed by atoms with Crippen molar-refractivity contribution in [2.75, 3.05) is 37.1 Å². The molecule has 3 aliphatic carbocycles. The predicted octanol–water partition coefficient (Wildman–Crippen LogP) is 7.81. The summed E-state index contributed by atoms with van der Waals surface area (Å²) in [6.07, 6.45) is 11.8. The van der Waals surface area contributed by atoms with Crippen LogP contribution in [0.5, 0.6) is 11.5 Å². The van der Waals surface area contributed by atoms with Gasteiger partial charge in [-0.15, -0.1) is 0 Å². The number of fused-ring (bicyclic) bond motifs is 2. The fraction of sp³-hybridized carbons (Fsp3) is 0.523. The number of amides is 1. The number of nitrogens with two attached hydrogens (primary N) is 1. The molecule has 4 N–H and O–H groups in total. The van der Waals surface area contributed by atoms with Crippen LogP contribution in [0.2, 0.25) is 0 Å². The summed E-state index contributed by atoms with van der Waals surface area (Å²) in [6, 6.07) is 15.0. The van der Waals surface area contributed by atoms with Gasteiger partial charge in [0.1, 0.15) is 35.4 Å². The summed E-state index contributed by atoms with van der Waals surface area (Å²) >= 11 is 0. The van der Waals surface area contributed by atoms with Crippen molar-refractivity contribution in [3.05, 3.63) is 78.6 Å². The van der Waals surface area contributed by atoms with Crippen molar-refractivity contribution < 1.29 is 23.7 Å². The summed E-state index contributed by atoms with van der Waals surface area (Å²) in [7, 11) is 3.31. The quantitative estimate of drug-likeness (QED) is 0.109. The summed E-state index contributed by atoms with van der Waals surface area (Å²) in [5.74, 6) is 3.52. The number of benzene rings is 2. The summed E-state index contributed by atoms with van der Waals surface area (Å²) < 4.78 is 25.9. The van der Waals surface area contributed by atoms with Gasteiger partial charge in [-0.1, -0.05) is 33.3 Å². The number of hydrogen-bond acceptors (Lipinski definition) is 10. The number of aromatic nitrogens is 3. The lowest BCUT2D eigenvalue weighted by molar-refractivity contribution is -0.116. The third-order valence-corrected chi connectivity index (χ3v) is 12.7. The van der Waals surface area contributed by atoms with Crippen molar-refractivity contribution in [3.8, 4) is 11.5 Å². The maximum atomic E-state index is 13.0. The van der Waals surface area contributed by atoms with E-state index in [0.717, 1.165) is 71.7 Å². The lowest BCUT2D eigenvalue weighted by Crippen LogP contribution is -2.54. The number of ether oxygens (including phenoxy) is 4. The standard InChI is InChI=1S/C44H57N7O5/c1-26-55-40-29(24-51(31-8-7-9-31)32-18-27(19-32)10-15-39(52)49-36-14-12-30(21-35(36)45)44(2,3)4)20-37(41(40)56-26)50-17-16-34-42(47-25-48-43(34)50)46-23-28-11-13-33(53-5)22-38(28)54-6/h11-14,16-17,21-22,25,27,29,31-32,37,40-41H,1,7-10,15,18-20,23-24,45H2,2-6H3,(H,49,52)(H,46,47,48)/t27?,29-,32?,37-,40-,41+/m1/s1. The number of nitrogen functional groups attached to an aromatic ring is 1. The van der Waals surface area contributed by atoms with Gasteiger partial charge in [0.15, 0.2) is 6.10 Å². The first-order valence-corrected chi connectivity index (χ1v) is 20.2. The van der Waals surface area contributed by atoms with Gasteiger partial charge in [0.2, 0.25) is 5.91 Å². The molecule has 1 amide bonds. The molecule has 3 saturated carbocycles. The van der Waals surface area contributed by atoms with Crippen LogP contribution in [0.1, 0.15) is 89.3 Å². The Balaban J connectivity index is 0.903. The SMILES string of the molecule is C=C1O[C@@H]2[C@@H](CN(C3CCC3)C3CC(CCC(=O)Nc4ccc(C(C)(C)C)cc4N)C3)C[C@@H](n3ccc4c(NCc5ccc(OC)cc5OC)ncnc43)[C@@H]2O1. The average Bonchev–Trinajstić information content (AvgIpc) is 3.83. The maximum Gasteiger partial charge on any atom is 0.272 e. The van der Waals surface area contributed by atoms with Crippen LogP contribution < -0.4 is 25.8 Å². The second kappa shape index (κ2) is 15.5. The van der Waals surface area contributed by atoms with E-state index in [1.165, 1.54) is 19.3 Å². The average molecular weight is 764 g/mol. The Labute approximate surface area is 330 Å². The first kappa shape index (κ1) is 37.9. The van der Waals surface area contributed by atoms with Crippen LogP contribution in [0.15, 0.2) is 67.5 Å². The number of hydrogen-bond donors (Lipinski definition) is 3. The third-order valence-electron chi connectivity index (χ3n) is 12.7. The van der Waals surface area contributed by atoms with E-state index in [1.807, 2.05) is 30.3 Å². The Morgan fingerprint density at radius 2 is 1.82 bits per heavy atom. The van der Waals surface area contributed by atoms with Gasteiger partial charge in [0, 0.05) is 55.3 Å². The molecular weight excluding hydrogens is 707 g/mol. The Bertz CT molecular complexity index is 2070. The number of nitrogens with zero attached hydrogens (tertiary/aromatic N) is 4. The van der Waals surface area contributed by atoms with E-state index in [0.29, 0.717) is 48.3 Å². The molecule has 2 aromatic heterocycles. The van der Waals surface area contributed by atoms with Gasteiger partial charge in [-0.25, -0.2) is 9.97 Å². The minimum Gasteiger partial charge on any atom is -0.497 e. The van der Waals surface area contributed by atoms with Crippen LogP contribution >= 0.6 is 0 Å². The molecule has 56 heavy (non-hydrogen) atoms. The van der Waals surface area contributed by atoms with E-state index in [9.17, 15) is 4.79 Å². The number of rotatable bonds is 14. The molecule has 4 fully saturated rings. The largest absolute Gasteiger partial charge is 0.497 e. The number of anilines is 3. The van der Waals surface area contributed by atoms with E-state index in [4.69, 9.17) is 29.7 Å². The molecule has 1 saturated heterocycles. The summed E-state index contributed by atoms with van der Waals surface area (Å²) in [5.41, 5.74) is 10.7. The minimum absolute atomic E-state index is 0.00337. The zero-order chi connectivity index (χ0) is 39.1. The highest BCUT2D eigenvalue weighted by atomic mass is 16.7. The predicted molar refractivity (Wildman–Crippen MR) is 219 cm³/mol. The van der Waals surface area contributed by atoms with Gasteiger partial charge < -0.3 is 39.9 Å². The van der Waals surface area contributed by atoms with E-state index >= 15 is 0 Å². The number of nitrogens with one attached hydrogen (secondary N) is 2. The van der Waals surface area contributed by atoms with Crippen molar-refractivity contribution in [3.63, 3.8) is 0 Å². The first-order valence-electron chi connectivity index (χ1n) is 20.2. The molecule has 0 bridgehead atoms. The van der Waals surface area contributed by atoms with Crippen molar-refractivity contribution in [2.45, 2.75) is 114 Å². The normalized spacial score (nSPS) is 24.6. The lowest BCUT2D eigenvalue weighted by atomic mass is 9.74. The highest BCUT2D eigenvalue weighted by Crippen LogP contribution is 2.48. The van der Waals surface area contributed by atoms with Crippen LogP contribution in [0.3, 0.4) is 0 Å².